The largest absolute Gasteiger partial charge is 0.313 e. The van der Waals surface area contributed by atoms with E-state index in [1.165, 1.54) is 19.3 Å². The zero-order valence-corrected chi connectivity index (χ0v) is 13.1. The minimum atomic E-state index is -0.275. The van der Waals surface area contributed by atoms with Gasteiger partial charge in [-0.1, -0.05) is 36.2 Å². The molecule has 0 saturated heterocycles. The fourth-order valence-electron chi connectivity index (χ4n) is 2.80. The lowest BCUT2D eigenvalue weighted by Crippen LogP contribution is -2.36. The summed E-state index contributed by atoms with van der Waals surface area (Å²) < 4.78 is 1.89. The van der Waals surface area contributed by atoms with Crippen LogP contribution in [0.5, 0.6) is 0 Å². The van der Waals surface area contributed by atoms with Crippen LogP contribution in [0.4, 0.5) is 5.69 Å². The highest BCUT2D eigenvalue weighted by atomic mass is 79.9. The van der Waals surface area contributed by atoms with Crippen LogP contribution in [-0.4, -0.2) is 20.0 Å². The molecule has 1 aromatic rings. The third-order valence-electron chi connectivity index (χ3n) is 4.13. The molecular weight excluding hydrogens is 310 g/mol. The topological polar surface area (TPSA) is 61.0 Å². The molecule has 2 rings (SSSR count). The zero-order chi connectivity index (χ0) is 14.0. The van der Waals surface area contributed by atoms with Gasteiger partial charge in [-0.25, -0.2) is 0 Å². The molecule has 1 aromatic heterocycles. The molecule has 0 spiro atoms. The van der Waals surface area contributed by atoms with E-state index in [-0.39, 0.29) is 16.0 Å². The average molecular weight is 330 g/mol. The Bertz CT molecular complexity index is 475. The van der Waals surface area contributed by atoms with Gasteiger partial charge in [0.15, 0.2) is 0 Å². The Hall–Kier alpha value is -0.910. The van der Waals surface area contributed by atoms with Crippen molar-refractivity contribution in [2.24, 2.45) is 5.41 Å². The summed E-state index contributed by atoms with van der Waals surface area (Å²) in [5, 5.41) is 16.7. The van der Waals surface area contributed by atoms with Crippen molar-refractivity contribution in [3.05, 3.63) is 21.5 Å². The third kappa shape index (κ3) is 2.55. The van der Waals surface area contributed by atoms with Crippen molar-refractivity contribution < 1.29 is 4.92 Å². The quantitative estimate of drug-likeness (QED) is 0.456. The van der Waals surface area contributed by atoms with Crippen LogP contribution in [0.1, 0.15) is 44.5 Å². The SMILES string of the molecule is CCc1nn(CC2(CBr)CCC2)c(CC)c1[N+](=O)[O-]. The van der Waals surface area contributed by atoms with Crippen LogP contribution in [0, 0.1) is 15.5 Å². The van der Waals surface area contributed by atoms with Crippen LogP contribution < -0.4 is 0 Å². The maximum Gasteiger partial charge on any atom is 0.313 e. The molecule has 0 aliphatic heterocycles. The first-order chi connectivity index (χ1) is 9.06. The minimum absolute atomic E-state index is 0.231. The molecule has 0 unspecified atom stereocenters. The van der Waals surface area contributed by atoms with Crippen LogP contribution in [-0.2, 0) is 19.4 Å². The van der Waals surface area contributed by atoms with E-state index in [0.29, 0.717) is 18.5 Å². The molecule has 0 N–H and O–H groups in total. The molecule has 1 aliphatic rings. The highest BCUT2D eigenvalue weighted by molar-refractivity contribution is 9.09. The lowest BCUT2D eigenvalue weighted by atomic mass is 9.70. The second-order valence-electron chi connectivity index (χ2n) is 5.35. The first-order valence-electron chi connectivity index (χ1n) is 6.85. The second kappa shape index (κ2) is 5.61. The molecule has 5 nitrogen and oxygen atoms in total. The van der Waals surface area contributed by atoms with Crippen molar-refractivity contribution in [1.82, 2.24) is 9.78 Å². The summed E-state index contributed by atoms with van der Waals surface area (Å²) in [4.78, 5) is 11.0. The Morgan fingerprint density at radius 1 is 1.42 bits per heavy atom. The maximum absolute atomic E-state index is 11.2. The summed E-state index contributed by atoms with van der Waals surface area (Å²) in [6, 6.07) is 0. The second-order valence-corrected chi connectivity index (χ2v) is 5.91. The standard InChI is InChI=1S/C13H20BrN3O2/c1-3-10-12(17(18)19)11(4-2)16(15-10)9-13(8-14)6-5-7-13/h3-9H2,1-2H3. The van der Waals surface area contributed by atoms with Crippen molar-refractivity contribution in [3.8, 4) is 0 Å². The van der Waals surface area contributed by atoms with Gasteiger partial charge in [-0.2, -0.15) is 5.10 Å². The molecule has 1 aliphatic carbocycles. The number of nitrogens with zero attached hydrogens (tertiary/aromatic N) is 3. The number of alkyl halides is 1. The minimum Gasteiger partial charge on any atom is -0.262 e. The van der Waals surface area contributed by atoms with Gasteiger partial charge in [-0.15, -0.1) is 0 Å². The molecule has 0 radical (unpaired) electrons. The smallest absolute Gasteiger partial charge is 0.262 e. The van der Waals surface area contributed by atoms with Gasteiger partial charge in [-0.3, -0.25) is 14.8 Å². The van der Waals surface area contributed by atoms with Crippen LogP contribution in [0.15, 0.2) is 0 Å². The summed E-state index contributed by atoms with van der Waals surface area (Å²) in [5.74, 6) is 0. The van der Waals surface area contributed by atoms with E-state index >= 15 is 0 Å². The van der Waals surface area contributed by atoms with Gasteiger partial charge < -0.3 is 0 Å². The van der Waals surface area contributed by atoms with Crippen LogP contribution in [0.25, 0.3) is 0 Å². The van der Waals surface area contributed by atoms with Crippen LogP contribution in [0.3, 0.4) is 0 Å². The molecule has 106 valence electrons. The Balaban J connectivity index is 2.37. The van der Waals surface area contributed by atoms with Crippen molar-refractivity contribution in [3.63, 3.8) is 0 Å². The van der Waals surface area contributed by atoms with E-state index in [2.05, 4.69) is 21.0 Å². The molecule has 1 saturated carbocycles. The molecule has 0 bridgehead atoms. The van der Waals surface area contributed by atoms with Gasteiger partial charge in [0.25, 0.3) is 0 Å². The molecule has 1 heterocycles. The molecule has 6 heteroatoms. The van der Waals surface area contributed by atoms with E-state index in [0.717, 1.165) is 17.6 Å². The van der Waals surface area contributed by atoms with Crippen LogP contribution in [0.2, 0.25) is 0 Å². The Kier molecular flexibility index (Phi) is 4.28. The van der Waals surface area contributed by atoms with E-state index in [4.69, 9.17) is 0 Å². The zero-order valence-electron chi connectivity index (χ0n) is 11.5. The van der Waals surface area contributed by atoms with E-state index < -0.39 is 0 Å². The fraction of sp³-hybridized carbons (Fsp3) is 0.769. The monoisotopic (exact) mass is 329 g/mol. The number of halogens is 1. The molecule has 19 heavy (non-hydrogen) atoms. The number of hydrogen-bond acceptors (Lipinski definition) is 3. The van der Waals surface area contributed by atoms with Crippen molar-refractivity contribution in [2.45, 2.75) is 52.5 Å². The number of nitro groups is 1. The summed E-state index contributed by atoms with van der Waals surface area (Å²) in [6.07, 6.45) is 4.86. The predicted octanol–water partition coefficient (Wildman–Crippen LogP) is 3.48. The van der Waals surface area contributed by atoms with Gasteiger partial charge in [-0.05, 0) is 31.1 Å². The lowest BCUT2D eigenvalue weighted by molar-refractivity contribution is -0.386. The summed E-state index contributed by atoms with van der Waals surface area (Å²) >= 11 is 3.58. The van der Waals surface area contributed by atoms with Crippen LogP contribution >= 0.6 is 15.9 Å². The Morgan fingerprint density at radius 3 is 2.47 bits per heavy atom. The molecule has 1 fully saturated rings. The summed E-state index contributed by atoms with van der Waals surface area (Å²) in [5.41, 5.74) is 1.86. The molecular formula is C13H20BrN3O2. The Labute approximate surface area is 121 Å². The normalized spacial score (nSPS) is 17.2. The van der Waals surface area contributed by atoms with Crippen molar-refractivity contribution in [2.75, 3.05) is 5.33 Å². The van der Waals surface area contributed by atoms with Gasteiger partial charge in [0.1, 0.15) is 11.4 Å². The fourth-order valence-corrected chi connectivity index (χ4v) is 3.54. The predicted molar refractivity (Wildman–Crippen MR) is 77.7 cm³/mol. The Morgan fingerprint density at radius 2 is 2.11 bits per heavy atom. The highest BCUT2D eigenvalue weighted by Crippen LogP contribution is 2.44. The van der Waals surface area contributed by atoms with Gasteiger partial charge in [0.2, 0.25) is 0 Å². The maximum atomic E-state index is 11.2. The van der Waals surface area contributed by atoms with Gasteiger partial charge >= 0.3 is 5.69 Å². The molecule has 0 aromatic carbocycles. The molecule has 0 atom stereocenters. The summed E-state index contributed by atoms with van der Waals surface area (Å²) in [6.45, 7) is 4.67. The van der Waals surface area contributed by atoms with E-state index in [1.807, 2.05) is 18.5 Å². The first kappa shape index (κ1) is 14.5. The van der Waals surface area contributed by atoms with Gasteiger partial charge in [0, 0.05) is 11.9 Å². The highest BCUT2D eigenvalue weighted by Gasteiger charge is 2.38. The average Bonchev–Trinajstić information content (AvgIpc) is 2.71. The van der Waals surface area contributed by atoms with Crippen molar-refractivity contribution >= 4 is 21.6 Å². The summed E-state index contributed by atoms with van der Waals surface area (Å²) in [7, 11) is 0. The number of hydrogen-bond donors (Lipinski definition) is 0. The van der Waals surface area contributed by atoms with Crippen molar-refractivity contribution in [1.29, 1.82) is 0 Å². The first-order valence-corrected chi connectivity index (χ1v) is 7.98. The van der Waals surface area contributed by atoms with E-state index in [9.17, 15) is 10.1 Å². The van der Waals surface area contributed by atoms with E-state index in [1.54, 1.807) is 0 Å². The number of rotatable bonds is 6. The van der Waals surface area contributed by atoms with Gasteiger partial charge in [0.05, 0.1) is 4.92 Å². The number of aromatic nitrogens is 2. The molecule has 0 amide bonds. The number of aryl methyl sites for hydroxylation is 1. The lowest BCUT2D eigenvalue weighted by Gasteiger charge is -2.40. The third-order valence-corrected chi connectivity index (χ3v) is 5.32.